The average molecular weight is 455 g/mol. The topological polar surface area (TPSA) is 108 Å². The summed E-state index contributed by atoms with van der Waals surface area (Å²) in [6, 6.07) is 1.60. The molecular formula is C21H24F3N3O5. The van der Waals surface area contributed by atoms with E-state index in [-0.39, 0.29) is 56.9 Å². The second-order valence-corrected chi connectivity index (χ2v) is 8.37. The van der Waals surface area contributed by atoms with Crippen molar-refractivity contribution >= 4 is 17.7 Å². The van der Waals surface area contributed by atoms with Gasteiger partial charge < -0.3 is 15.2 Å². The molecule has 32 heavy (non-hydrogen) atoms. The van der Waals surface area contributed by atoms with Crippen LogP contribution in [0.3, 0.4) is 0 Å². The summed E-state index contributed by atoms with van der Waals surface area (Å²) < 4.78 is 46.0. The van der Waals surface area contributed by atoms with Gasteiger partial charge in [-0.1, -0.05) is 6.07 Å². The van der Waals surface area contributed by atoms with Crippen molar-refractivity contribution in [2.75, 3.05) is 13.2 Å². The number of ether oxygens (including phenoxy) is 1. The summed E-state index contributed by atoms with van der Waals surface area (Å²) in [5.41, 5.74) is 1.06. The van der Waals surface area contributed by atoms with Crippen LogP contribution in [-0.2, 0) is 20.9 Å². The molecule has 0 radical (unpaired) electrons. The van der Waals surface area contributed by atoms with Crippen molar-refractivity contribution in [3.05, 3.63) is 34.9 Å². The Hall–Kier alpha value is -2.50. The SMILES string of the molecule is O=C1CCC(N2Cc3cc(C(=O)N[C@H](C4CCOCC4)C(F)(F)F)ccc3C2O)C(=O)N1. The minimum absolute atomic E-state index is 0.0439. The summed E-state index contributed by atoms with van der Waals surface area (Å²) >= 11 is 0. The molecule has 3 atom stereocenters. The highest BCUT2D eigenvalue weighted by atomic mass is 19.4. The summed E-state index contributed by atoms with van der Waals surface area (Å²) in [6.07, 6.45) is -4.89. The number of alkyl halides is 3. The predicted octanol–water partition coefficient (Wildman–Crippen LogP) is 1.39. The Kier molecular flexibility index (Phi) is 6.24. The number of nitrogens with one attached hydrogen (secondary N) is 2. The lowest BCUT2D eigenvalue weighted by Crippen LogP contribution is -2.51. The molecule has 3 aliphatic heterocycles. The van der Waals surface area contributed by atoms with E-state index in [1.165, 1.54) is 23.1 Å². The standard InChI is InChI=1S/C21H24F3N3O5/c22-21(23,24)17(11-5-7-32-8-6-11)26-18(29)12-1-2-14-13(9-12)10-27(20(14)31)15-3-4-16(28)25-19(15)30/h1-2,9,11,15,17,20,31H,3-8,10H2,(H,26,29)(H,25,28,30)/t15?,17-,20?/m1/s1. The van der Waals surface area contributed by atoms with Crippen molar-refractivity contribution in [1.82, 2.24) is 15.5 Å². The molecule has 11 heteroatoms. The van der Waals surface area contributed by atoms with E-state index in [9.17, 15) is 32.7 Å². The Bertz CT molecular complexity index is 916. The third kappa shape index (κ3) is 4.50. The number of aliphatic hydroxyl groups excluding tert-OH is 1. The molecule has 3 amide bonds. The van der Waals surface area contributed by atoms with Gasteiger partial charge in [-0.3, -0.25) is 24.6 Å². The Balaban J connectivity index is 1.49. The van der Waals surface area contributed by atoms with Crippen molar-refractivity contribution in [3.8, 4) is 0 Å². The maximum absolute atomic E-state index is 13.6. The van der Waals surface area contributed by atoms with Gasteiger partial charge in [-0.15, -0.1) is 0 Å². The normalized spacial score (nSPS) is 25.9. The van der Waals surface area contributed by atoms with E-state index in [0.29, 0.717) is 11.1 Å². The first-order valence-corrected chi connectivity index (χ1v) is 10.5. The number of hydrogen-bond donors (Lipinski definition) is 3. The third-order valence-electron chi connectivity index (χ3n) is 6.34. The van der Waals surface area contributed by atoms with Crippen molar-refractivity contribution in [2.24, 2.45) is 5.92 Å². The number of hydrogen-bond acceptors (Lipinski definition) is 6. The van der Waals surface area contributed by atoms with Gasteiger partial charge in [-0.05, 0) is 48.4 Å². The zero-order valence-corrected chi connectivity index (χ0v) is 17.2. The highest BCUT2D eigenvalue weighted by Gasteiger charge is 2.46. The fourth-order valence-electron chi connectivity index (χ4n) is 4.62. The molecule has 4 rings (SSSR count). The van der Waals surface area contributed by atoms with Gasteiger partial charge in [0.15, 0.2) is 0 Å². The number of imide groups is 1. The number of benzene rings is 1. The molecule has 0 aliphatic carbocycles. The van der Waals surface area contributed by atoms with Gasteiger partial charge in [0.2, 0.25) is 11.8 Å². The Morgan fingerprint density at radius 3 is 2.59 bits per heavy atom. The second kappa shape index (κ2) is 8.80. The number of fused-ring (bicyclic) bond motifs is 1. The quantitative estimate of drug-likeness (QED) is 0.593. The average Bonchev–Trinajstić information content (AvgIpc) is 3.07. The lowest BCUT2D eigenvalue weighted by Gasteiger charge is -2.32. The summed E-state index contributed by atoms with van der Waals surface area (Å²) in [7, 11) is 0. The van der Waals surface area contributed by atoms with E-state index in [0.717, 1.165) is 0 Å². The highest BCUT2D eigenvalue weighted by Crippen LogP contribution is 2.36. The first-order valence-electron chi connectivity index (χ1n) is 10.5. The molecule has 2 saturated heterocycles. The lowest BCUT2D eigenvalue weighted by atomic mass is 9.91. The number of piperidine rings is 1. The first-order chi connectivity index (χ1) is 15.1. The molecule has 1 aromatic rings. The zero-order chi connectivity index (χ0) is 23.0. The summed E-state index contributed by atoms with van der Waals surface area (Å²) in [5, 5.41) is 15.0. The van der Waals surface area contributed by atoms with Gasteiger partial charge >= 0.3 is 6.18 Å². The van der Waals surface area contributed by atoms with Gasteiger partial charge in [0.05, 0.1) is 6.04 Å². The Labute approximate surface area is 182 Å². The van der Waals surface area contributed by atoms with Crippen molar-refractivity contribution < 1.29 is 37.4 Å². The number of carbonyl (C=O) groups excluding carboxylic acids is 3. The molecule has 2 fully saturated rings. The maximum Gasteiger partial charge on any atom is 0.408 e. The summed E-state index contributed by atoms with van der Waals surface area (Å²) in [4.78, 5) is 37.7. The Morgan fingerprint density at radius 2 is 1.94 bits per heavy atom. The van der Waals surface area contributed by atoms with Crippen LogP contribution in [-0.4, -0.2) is 59.2 Å². The molecule has 1 aromatic carbocycles. The van der Waals surface area contributed by atoms with E-state index in [4.69, 9.17) is 4.74 Å². The van der Waals surface area contributed by atoms with E-state index in [1.54, 1.807) is 0 Å². The molecule has 0 bridgehead atoms. The number of nitrogens with zero attached hydrogens (tertiary/aromatic N) is 1. The molecule has 0 aromatic heterocycles. The molecule has 3 aliphatic rings. The van der Waals surface area contributed by atoms with Gasteiger partial charge in [0, 0.05) is 31.7 Å². The fraction of sp³-hybridized carbons (Fsp3) is 0.571. The van der Waals surface area contributed by atoms with Crippen molar-refractivity contribution in [3.63, 3.8) is 0 Å². The van der Waals surface area contributed by atoms with Crippen LogP contribution in [0.15, 0.2) is 18.2 Å². The van der Waals surface area contributed by atoms with E-state index >= 15 is 0 Å². The van der Waals surface area contributed by atoms with Crippen LogP contribution >= 0.6 is 0 Å². The molecule has 2 unspecified atom stereocenters. The number of amides is 3. The van der Waals surface area contributed by atoms with Crippen LogP contribution in [0, 0.1) is 5.92 Å². The van der Waals surface area contributed by atoms with Crippen LogP contribution in [0.4, 0.5) is 13.2 Å². The minimum Gasteiger partial charge on any atom is -0.381 e. The third-order valence-corrected chi connectivity index (χ3v) is 6.34. The number of halogens is 3. The van der Waals surface area contributed by atoms with Gasteiger partial charge in [0.1, 0.15) is 12.3 Å². The first kappa shape index (κ1) is 22.7. The molecule has 3 N–H and O–H groups in total. The summed E-state index contributed by atoms with van der Waals surface area (Å²) in [6.45, 7) is 0.576. The largest absolute Gasteiger partial charge is 0.408 e. The molecule has 3 heterocycles. The van der Waals surface area contributed by atoms with E-state index in [1.807, 2.05) is 0 Å². The van der Waals surface area contributed by atoms with Gasteiger partial charge in [-0.25, -0.2) is 0 Å². The smallest absolute Gasteiger partial charge is 0.381 e. The number of rotatable bonds is 4. The predicted molar refractivity (Wildman–Crippen MR) is 104 cm³/mol. The molecule has 0 saturated carbocycles. The Morgan fingerprint density at radius 1 is 1.22 bits per heavy atom. The lowest BCUT2D eigenvalue weighted by molar-refractivity contribution is -0.171. The fourth-order valence-corrected chi connectivity index (χ4v) is 4.62. The van der Waals surface area contributed by atoms with E-state index < -0.39 is 42.2 Å². The zero-order valence-electron chi connectivity index (χ0n) is 17.2. The summed E-state index contributed by atoms with van der Waals surface area (Å²) in [5.74, 6) is -2.49. The highest BCUT2D eigenvalue weighted by molar-refractivity contribution is 6.00. The van der Waals surface area contributed by atoms with Crippen LogP contribution in [0.1, 0.15) is 53.4 Å². The number of carbonyl (C=O) groups is 3. The van der Waals surface area contributed by atoms with Gasteiger partial charge in [0.25, 0.3) is 5.91 Å². The van der Waals surface area contributed by atoms with Crippen LogP contribution in [0.2, 0.25) is 0 Å². The minimum atomic E-state index is -4.59. The van der Waals surface area contributed by atoms with Crippen LogP contribution in [0.5, 0.6) is 0 Å². The monoisotopic (exact) mass is 455 g/mol. The van der Waals surface area contributed by atoms with Crippen molar-refractivity contribution in [1.29, 1.82) is 0 Å². The second-order valence-electron chi connectivity index (χ2n) is 8.37. The van der Waals surface area contributed by atoms with Crippen LogP contribution < -0.4 is 10.6 Å². The van der Waals surface area contributed by atoms with Crippen LogP contribution in [0.25, 0.3) is 0 Å². The molecule has 174 valence electrons. The molecule has 0 spiro atoms. The number of aliphatic hydroxyl groups is 1. The molecule has 8 nitrogen and oxygen atoms in total. The molecular weight excluding hydrogens is 431 g/mol. The van der Waals surface area contributed by atoms with Crippen molar-refractivity contribution in [2.45, 2.75) is 56.7 Å². The maximum atomic E-state index is 13.6. The van der Waals surface area contributed by atoms with E-state index in [2.05, 4.69) is 10.6 Å². The van der Waals surface area contributed by atoms with Gasteiger partial charge in [-0.2, -0.15) is 13.2 Å².